The fourth-order valence-electron chi connectivity index (χ4n) is 5.14. The summed E-state index contributed by atoms with van der Waals surface area (Å²) >= 11 is 0. The van der Waals surface area contributed by atoms with Gasteiger partial charge in [0, 0.05) is 57.4 Å². The SMILES string of the molecule is O=CC1CCN(C(=O)COc2cc(S(=O)(=O)O)c3ccc4c(S(=O)(=O)O)cc(S(=O)(=O)O)c5ccc2c3c54)CC1. The summed E-state index contributed by atoms with van der Waals surface area (Å²) in [6.45, 7) is 0.0848. The summed E-state index contributed by atoms with van der Waals surface area (Å²) in [6.07, 6.45) is 1.79. The summed E-state index contributed by atoms with van der Waals surface area (Å²) in [5, 5.41) is -0.628. The molecule has 4 aromatic rings. The number of carbonyl (C=O) groups excluding carboxylic acids is 2. The van der Waals surface area contributed by atoms with Crippen LogP contribution in [-0.4, -0.2) is 75.7 Å². The quantitative estimate of drug-likeness (QED) is 0.156. The third kappa shape index (κ3) is 4.86. The third-order valence-corrected chi connectivity index (χ3v) is 9.70. The molecular formula is C24H21NO12S3. The van der Waals surface area contributed by atoms with Crippen molar-refractivity contribution in [2.75, 3.05) is 19.7 Å². The molecule has 5 rings (SSSR count). The van der Waals surface area contributed by atoms with Crippen LogP contribution in [0.4, 0.5) is 0 Å². The minimum Gasteiger partial charge on any atom is -0.483 e. The number of hydrogen-bond acceptors (Lipinski definition) is 9. The van der Waals surface area contributed by atoms with Crippen molar-refractivity contribution in [3.63, 3.8) is 0 Å². The molecule has 0 saturated carbocycles. The molecule has 1 saturated heterocycles. The van der Waals surface area contributed by atoms with Crippen molar-refractivity contribution in [2.45, 2.75) is 27.5 Å². The Balaban J connectivity index is 1.75. The fourth-order valence-corrected chi connectivity index (χ4v) is 7.35. The van der Waals surface area contributed by atoms with Gasteiger partial charge in [0.05, 0.1) is 0 Å². The van der Waals surface area contributed by atoms with Gasteiger partial charge >= 0.3 is 0 Å². The second-order valence-corrected chi connectivity index (χ2v) is 13.6. The first-order valence-corrected chi connectivity index (χ1v) is 16.0. The molecule has 0 bridgehead atoms. The van der Waals surface area contributed by atoms with E-state index in [2.05, 4.69) is 0 Å². The minimum absolute atomic E-state index is 0.0604. The molecule has 0 spiro atoms. The summed E-state index contributed by atoms with van der Waals surface area (Å²) in [6, 6.07) is 6.42. The summed E-state index contributed by atoms with van der Waals surface area (Å²) in [5.74, 6) is -0.804. The van der Waals surface area contributed by atoms with Gasteiger partial charge in [0.15, 0.2) is 6.61 Å². The molecule has 0 atom stereocenters. The Labute approximate surface area is 227 Å². The van der Waals surface area contributed by atoms with E-state index in [4.69, 9.17) is 4.74 Å². The van der Waals surface area contributed by atoms with Crippen LogP contribution >= 0.6 is 0 Å². The van der Waals surface area contributed by atoms with Gasteiger partial charge in [-0.2, -0.15) is 25.3 Å². The first kappa shape index (κ1) is 28.1. The third-order valence-electron chi connectivity index (χ3n) is 7.02. The topological polar surface area (TPSA) is 210 Å². The number of aldehydes is 1. The number of nitrogens with zero attached hydrogens (tertiary/aromatic N) is 1. The zero-order valence-electron chi connectivity index (χ0n) is 20.3. The van der Waals surface area contributed by atoms with Crippen LogP contribution in [0.15, 0.2) is 51.1 Å². The molecule has 1 aliphatic heterocycles. The van der Waals surface area contributed by atoms with Crippen LogP contribution in [-0.2, 0) is 39.9 Å². The molecule has 0 aliphatic carbocycles. The molecule has 3 N–H and O–H groups in total. The van der Waals surface area contributed by atoms with Crippen molar-refractivity contribution in [3.8, 4) is 5.75 Å². The molecule has 1 aliphatic rings. The minimum atomic E-state index is -5.05. The van der Waals surface area contributed by atoms with E-state index < -0.39 is 57.6 Å². The van der Waals surface area contributed by atoms with Crippen molar-refractivity contribution < 1.29 is 53.2 Å². The van der Waals surface area contributed by atoms with Gasteiger partial charge in [0.25, 0.3) is 36.3 Å². The lowest BCUT2D eigenvalue weighted by molar-refractivity contribution is -0.135. The van der Waals surface area contributed by atoms with Crippen molar-refractivity contribution in [1.29, 1.82) is 0 Å². The van der Waals surface area contributed by atoms with Crippen LogP contribution in [0.5, 0.6) is 5.75 Å². The number of ether oxygens (including phenoxy) is 1. The van der Waals surface area contributed by atoms with Crippen LogP contribution < -0.4 is 4.74 Å². The maximum atomic E-state index is 12.8. The Bertz CT molecular complexity index is 1980. The highest BCUT2D eigenvalue weighted by Crippen LogP contribution is 2.45. The van der Waals surface area contributed by atoms with Crippen LogP contribution in [0, 0.1) is 5.92 Å². The van der Waals surface area contributed by atoms with E-state index in [1.165, 1.54) is 23.1 Å². The molecular weight excluding hydrogens is 590 g/mol. The molecule has 0 radical (unpaired) electrons. The monoisotopic (exact) mass is 611 g/mol. The first-order chi connectivity index (χ1) is 18.6. The molecule has 40 heavy (non-hydrogen) atoms. The lowest BCUT2D eigenvalue weighted by atomic mass is 9.93. The Morgan fingerprint density at radius 1 is 0.775 bits per heavy atom. The highest BCUT2D eigenvalue weighted by Gasteiger charge is 2.29. The van der Waals surface area contributed by atoms with Gasteiger partial charge in [-0.25, -0.2) is 0 Å². The fraction of sp³-hybridized carbons (Fsp3) is 0.250. The van der Waals surface area contributed by atoms with Crippen LogP contribution in [0.2, 0.25) is 0 Å². The Morgan fingerprint density at radius 2 is 1.20 bits per heavy atom. The normalized spacial score (nSPS) is 15.7. The zero-order chi connectivity index (χ0) is 29.2. The predicted octanol–water partition coefficient (Wildman–Crippen LogP) is 2.14. The maximum absolute atomic E-state index is 12.8. The van der Waals surface area contributed by atoms with Gasteiger partial charge in [-0.1, -0.05) is 18.2 Å². The van der Waals surface area contributed by atoms with Crippen molar-refractivity contribution >= 4 is 74.9 Å². The summed E-state index contributed by atoms with van der Waals surface area (Å²) in [7, 11) is -15.0. The highest BCUT2D eigenvalue weighted by atomic mass is 32.2. The number of rotatable bonds is 7. The number of carbonyl (C=O) groups is 2. The smallest absolute Gasteiger partial charge is 0.295 e. The molecule has 16 heteroatoms. The Morgan fingerprint density at radius 3 is 1.65 bits per heavy atom. The van der Waals surface area contributed by atoms with E-state index in [1.807, 2.05) is 0 Å². The van der Waals surface area contributed by atoms with E-state index in [1.54, 1.807) is 0 Å². The molecule has 0 unspecified atom stereocenters. The molecule has 1 heterocycles. The summed E-state index contributed by atoms with van der Waals surface area (Å²) < 4.78 is 109. The standard InChI is InChI=1S/C24H21NO12S3/c26-11-13-5-7-25(8-6-13)22(27)12-37-18-9-19(38(28,29)30)15-3-4-17-21(40(34,35)36)10-20(39(31,32)33)16-2-1-14(18)23(15)24(16)17/h1-4,9-11,13H,5-8,12H2,(H,28,29,30)(H,31,32,33)(H,34,35,36). The molecule has 4 aromatic carbocycles. The van der Waals surface area contributed by atoms with Gasteiger partial charge in [0.2, 0.25) is 0 Å². The van der Waals surface area contributed by atoms with Crippen LogP contribution in [0.1, 0.15) is 12.8 Å². The van der Waals surface area contributed by atoms with Gasteiger partial charge in [0.1, 0.15) is 26.7 Å². The number of amides is 1. The van der Waals surface area contributed by atoms with Crippen molar-refractivity contribution in [1.82, 2.24) is 4.90 Å². The largest absolute Gasteiger partial charge is 0.483 e. The Hall–Kier alpha value is -3.41. The molecule has 0 aromatic heterocycles. The average molecular weight is 612 g/mol. The van der Waals surface area contributed by atoms with Gasteiger partial charge in [-0.15, -0.1) is 0 Å². The second kappa shape index (κ2) is 9.60. The van der Waals surface area contributed by atoms with E-state index >= 15 is 0 Å². The van der Waals surface area contributed by atoms with E-state index in [0.717, 1.165) is 18.4 Å². The maximum Gasteiger partial charge on any atom is 0.295 e. The zero-order valence-corrected chi connectivity index (χ0v) is 22.8. The molecule has 1 fully saturated rings. The van der Waals surface area contributed by atoms with Crippen molar-refractivity contribution in [2.24, 2.45) is 5.92 Å². The van der Waals surface area contributed by atoms with Gasteiger partial charge in [-0.05, 0) is 25.0 Å². The first-order valence-electron chi connectivity index (χ1n) is 11.7. The molecule has 212 valence electrons. The second-order valence-electron chi connectivity index (χ2n) is 9.39. The van der Waals surface area contributed by atoms with Gasteiger partial charge in [-0.3, -0.25) is 18.5 Å². The van der Waals surface area contributed by atoms with Gasteiger partial charge < -0.3 is 14.4 Å². The number of piperidine rings is 1. The number of hydrogen-bond donors (Lipinski definition) is 3. The summed E-state index contributed by atoms with van der Waals surface area (Å²) in [5.41, 5.74) is 0. The van der Waals surface area contributed by atoms with E-state index in [9.17, 15) is 48.5 Å². The number of likely N-dealkylation sites (tertiary alicyclic amines) is 1. The molecule has 13 nitrogen and oxygen atoms in total. The summed E-state index contributed by atoms with van der Waals surface area (Å²) in [4.78, 5) is 22.9. The average Bonchev–Trinajstić information content (AvgIpc) is 2.88. The number of benzene rings is 4. The van der Waals surface area contributed by atoms with Crippen LogP contribution in [0.25, 0.3) is 32.3 Å². The Kier molecular flexibility index (Phi) is 6.75. The lowest BCUT2D eigenvalue weighted by Gasteiger charge is -2.29. The molecule has 1 amide bonds. The lowest BCUT2D eigenvalue weighted by Crippen LogP contribution is -2.41. The van der Waals surface area contributed by atoms with E-state index in [0.29, 0.717) is 32.0 Å². The van der Waals surface area contributed by atoms with Crippen LogP contribution in [0.3, 0.4) is 0 Å². The van der Waals surface area contributed by atoms with Crippen molar-refractivity contribution in [3.05, 3.63) is 36.4 Å². The highest BCUT2D eigenvalue weighted by molar-refractivity contribution is 7.87. The van der Waals surface area contributed by atoms with E-state index in [-0.39, 0.29) is 44.0 Å². The predicted molar refractivity (Wildman–Crippen MR) is 140 cm³/mol.